The first-order valence-electron chi connectivity index (χ1n) is 5.49. The second-order valence-electron chi connectivity index (χ2n) is 4.32. The number of hydrogen-bond donors (Lipinski definition) is 0. The van der Waals surface area contributed by atoms with Crippen molar-refractivity contribution in [2.24, 2.45) is 0 Å². The Hall–Kier alpha value is -2.02. The van der Waals surface area contributed by atoms with Gasteiger partial charge in [-0.05, 0) is 6.07 Å². The van der Waals surface area contributed by atoms with Crippen LogP contribution >= 0.6 is 0 Å². The number of fused-ring (bicyclic) bond motifs is 1. The SMILES string of the molecule is CC(=O)c1nc2ccccc2[n+]([O-])c1CS(C)(=O)=O. The zero-order chi connectivity index (χ0) is 14.2. The molecule has 0 unspecified atom stereocenters. The smallest absolute Gasteiger partial charge is 0.242 e. The van der Waals surface area contributed by atoms with Gasteiger partial charge in [-0.1, -0.05) is 12.1 Å². The van der Waals surface area contributed by atoms with Gasteiger partial charge in [0.2, 0.25) is 11.2 Å². The summed E-state index contributed by atoms with van der Waals surface area (Å²) in [6.45, 7) is 1.25. The molecule has 2 rings (SSSR count). The van der Waals surface area contributed by atoms with Crippen molar-refractivity contribution < 1.29 is 17.9 Å². The fraction of sp³-hybridized carbons (Fsp3) is 0.250. The molecule has 0 amide bonds. The Bertz CT molecular complexity index is 769. The first-order valence-corrected chi connectivity index (χ1v) is 7.55. The van der Waals surface area contributed by atoms with E-state index in [1.54, 1.807) is 18.2 Å². The van der Waals surface area contributed by atoms with Gasteiger partial charge in [-0.15, -0.1) is 0 Å². The number of nitrogens with zero attached hydrogens (tertiary/aromatic N) is 2. The summed E-state index contributed by atoms with van der Waals surface area (Å²) in [6.07, 6.45) is 1.01. The van der Waals surface area contributed by atoms with Crippen molar-refractivity contribution in [3.8, 4) is 0 Å². The Balaban J connectivity index is 2.82. The van der Waals surface area contributed by atoms with E-state index in [0.29, 0.717) is 10.2 Å². The number of benzene rings is 1. The van der Waals surface area contributed by atoms with Crippen LogP contribution in [0.15, 0.2) is 24.3 Å². The monoisotopic (exact) mass is 280 g/mol. The summed E-state index contributed by atoms with van der Waals surface area (Å²) >= 11 is 0. The number of sulfone groups is 1. The van der Waals surface area contributed by atoms with E-state index in [9.17, 15) is 18.4 Å². The standard InChI is InChI=1S/C12H12N2O4S/c1-8(15)12-11(7-19(2,17)18)14(16)10-6-4-3-5-9(10)13-12/h3-6H,7H2,1-2H3. The zero-order valence-electron chi connectivity index (χ0n) is 10.5. The summed E-state index contributed by atoms with van der Waals surface area (Å²) in [4.78, 5) is 15.6. The molecule has 100 valence electrons. The molecule has 1 heterocycles. The molecule has 0 radical (unpaired) electrons. The van der Waals surface area contributed by atoms with Crippen LogP contribution in [-0.2, 0) is 15.6 Å². The van der Waals surface area contributed by atoms with Gasteiger partial charge in [-0.3, -0.25) is 4.79 Å². The number of Topliss-reactive ketones (excluding diaryl/α,β-unsaturated/α-hetero) is 1. The molecule has 0 bridgehead atoms. The number of para-hydroxylation sites is 2. The Morgan fingerprint density at radius 1 is 1.37 bits per heavy atom. The first kappa shape index (κ1) is 13.4. The van der Waals surface area contributed by atoms with E-state index in [0.717, 1.165) is 6.26 Å². The molecule has 0 atom stereocenters. The van der Waals surface area contributed by atoms with E-state index in [1.807, 2.05) is 0 Å². The number of ketones is 1. The maximum Gasteiger partial charge on any atom is 0.242 e. The molecular formula is C12H12N2O4S. The van der Waals surface area contributed by atoms with Gasteiger partial charge in [0.05, 0.1) is 0 Å². The lowest BCUT2D eigenvalue weighted by Gasteiger charge is -2.09. The zero-order valence-corrected chi connectivity index (χ0v) is 11.3. The average Bonchev–Trinajstić information content (AvgIpc) is 2.31. The maximum absolute atomic E-state index is 12.2. The van der Waals surface area contributed by atoms with Gasteiger partial charge in [0.15, 0.2) is 21.3 Å². The second kappa shape index (κ2) is 4.58. The molecule has 0 aliphatic carbocycles. The number of carbonyl (C=O) groups is 1. The molecular weight excluding hydrogens is 268 g/mol. The topological polar surface area (TPSA) is 91.0 Å². The van der Waals surface area contributed by atoms with Crippen molar-refractivity contribution in [1.82, 2.24) is 4.98 Å². The molecule has 1 aromatic heterocycles. The van der Waals surface area contributed by atoms with Gasteiger partial charge in [-0.25, -0.2) is 13.4 Å². The normalized spacial score (nSPS) is 11.7. The van der Waals surface area contributed by atoms with Crippen molar-refractivity contribution >= 4 is 26.7 Å². The summed E-state index contributed by atoms with van der Waals surface area (Å²) in [6, 6.07) is 6.47. The highest BCUT2D eigenvalue weighted by molar-refractivity contribution is 7.89. The molecule has 19 heavy (non-hydrogen) atoms. The predicted molar refractivity (Wildman–Crippen MR) is 69.3 cm³/mol. The summed E-state index contributed by atoms with van der Waals surface area (Å²) in [7, 11) is -3.44. The van der Waals surface area contributed by atoms with Crippen molar-refractivity contribution in [3.63, 3.8) is 0 Å². The van der Waals surface area contributed by atoms with E-state index in [2.05, 4.69) is 4.98 Å². The third-order valence-electron chi connectivity index (χ3n) is 2.58. The van der Waals surface area contributed by atoms with E-state index in [1.165, 1.54) is 13.0 Å². The summed E-state index contributed by atoms with van der Waals surface area (Å²) in [5.41, 5.74) is 0.374. The summed E-state index contributed by atoms with van der Waals surface area (Å²) < 4.78 is 23.2. The second-order valence-corrected chi connectivity index (χ2v) is 6.46. The lowest BCUT2D eigenvalue weighted by atomic mass is 10.2. The Kier molecular flexibility index (Phi) is 3.23. The van der Waals surface area contributed by atoms with Gasteiger partial charge >= 0.3 is 0 Å². The molecule has 0 saturated heterocycles. The average molecular weight is 280 g/mol. The summed E-state index contributed by atoms with van der Waals surface area (Å²) in [5, 5.41) is 12.2. The molecule has 0 aliphatic rings. The van der Waals surface area contributed by atoms with Crippen molar-refractivity contribution in [1.29, 1.82) is 0 Å². The highest BCUT2D eigenvalue weighted by Gasteiger charge is 2.25. The minimum Gasteiger partial charge on any atom is -0.618 e. The molecule has 1 aromatic carbocycles. The minimum absolute atomic E-state index is 0.0980. The van der Waals surface area contributed by atoms with Crippen LogP contribution in [-0.4, -0.2) is 25.4 Å². The van der Waals surface area contributed by atoms with Gasteiger partial charge in [0.25, 0.3) is 0 Å². The molecule has 0 N–H and O–H groups in total. The number of rotatable bonds is 3. The van der Waals surface area contributed by atoms with Crippen LogP contribution in [0.25, 0.3) is 11.0 Å². The fourth-order valence-electron chi connectivity index (χ4n) is 1.81. The van der Waals surface area contributed by atoms with Crippen molar-refractivity contribution in [3.05, 3.63) is 40.9 Å². The van der Waals surface area contributed by atoms with Gasteiger partial charge < -0.3 is 5.21 Å². The predicted octanol–water partition coefficient (Wildman–Crippen LogP) is 0.615. The van der Waals surface area contributed by atoms with Crippen LogP contribution in [0.3, 0.4) is 0 Å². The Labute approximate surface area is 110 Å². The third kappa shape index (κ3) is 2.70. The Morgan fingerprint density at radius 2 is 2.00 bits per heavy atom. The van der Waals surface area contributed by atoms with Crippen molar-refractivity contribution in [2.45, 2.75) is 12.7 Å². The van der Waals surface area contributed by atoms with E-state index >= 15 is 0 Å². The quantitative estimate of drug-likeness (QED) is 0.467. The molecule has 0 aliphatic heterocycles. The van der Waals surface area contributed by atoms with Crippen LogP contribution in [0.5, 0.6) is 0 Å². The first-order chi connectivity index (χ1) is 8.79. The van der Waals surface area contributed by atoms with Crippen LogP contribution in [0.2, 0.25) is 0 Å². The maximum atomic E-state index is 12.2. The van der Waals surface area contributed by atoms with E-state index < -0.39 is 21.4 Å². The molecule has 0 spiro atoms. The van der Waals surface area contributed by atoms with E-state index in [-0.39, 0.29) is 16.9 Å². The van der Waals surface area contributed by atoms with Crippen LogP contribution in [0.4, 0.5) is 0 Å². The highest BCUT2D eigenvalue weighted by atomic mass is 32.2. The lowest BCUT2D eigenvalue weighted by Crippen LogP contribution is -2.37. The van der Waals surface area contributed by atoms with Gasteiger partial charge in [0.1, 0.15) is 11.3 Å². The third-order valence-corrected chi connectivity index (χ3v) is 3.38. The van der Waals surface area contributed by atoms with Crippen LogP contribution < -0.4 is 4.73 Å². The molecule has 2 aromatic rings. The number of aromatic nitrogens is 2. The highest BCUT2D eigenvalue weighted by Crippen LogP contribution is 2.13. The largest absolute Gasteiger partial charge is 0.618 e. The molecule has 0 fully saturated rings. The number of carbonyl (C=O) groups excluding carboxylic acids is 1. The van der Waals surface area contributed by atoms with Crippen LogP contribution in [0.1, 0.15) is 23.1 Å². The molecule has 7 heteroatoms. The minimum atomic E-state index is -3.44. The van der Waals surface area contributed by atoms with Crippen LogP contribution in [0, 0.1) is 5.21 Å². The summed E-state index contributed by atoms with van der Waals surface area (Å²) in [5.74, 6) is -0.947. The molecule has 0 saturated carbocycles. The fourth-order valence-corrected chi connectivity index (χ4v) is 2.56. The number of hydrogen-bond acceptors (Lipinski definition) is 5. The van der Waals surface area contributed by atoms with Gasteiger partial charge in [0, 0.05) is 19.2 Å². The lowest BCUT2D eigenvalue weighted by molar-refractivity contribution is -0.585. The van der Waals surface area contributed by atoms with E-state index in [4.69, 9.17) is 0 Å². The Morgan fingerprint density at radius 3 is 2.58 bits per heavy atom. The molecule has 6 nitrogen and oxygen atoms in total. The van der Waals surface area contributed by atoms with Crippen molar-refractivity contribution in [2.75, 3.05) is 6.26 Å². The van der Waals surface area contributed by atoms with Gasteiger partial charge in [-0.2, -0.15) is 4.73 Å².